The van der Waals surface area contributed by atoms with Crippen molar-refractivity contribution in [2.45, 2.75) is 40.0 Å². The minimum Gasteiger partial charge on any atom is -0.357 e. The molecule has 1 heterocycles. The molecule has 1 rings (SSSR count). The average molecular weight is 318 g/mol. The van der Waals surface area contributed by atoms with Gasteiger partial charge in [0.05, 0.1) is 12.3 Å². The van der Waals surface area contributed by atoms with Crippen LogP contribution in [-0.2, 0) is 10.0 Å². The van der Waals surface area contributed by atoms with Crippen molar-refractivity contribution in [3.8, 4) is 0 Å². The van der Waals surface area contributed by atoms with Crippen LogP contribution in [0.4, 0.5) is 0 Å². The van der Waals surface area contributed by atoms with E-state index in [0.29, 0.717) is 5.92 Å². The molecule has 6 nitrogen and oxygen atoms in total. The third-order valence-electron chi connectivity index (χ3n) is 4.21. The number of hydrogen-bond acceptors (Lipinski definition) is 3. The molecule has 1 saturated heterocycles. The lowest BCUT2D eigenvalue weighted by molar-refractivity contribution is 0.319. The van der Waals surface area contributed by atoms with Crippen LogP contribution in [0.3, 0.4) is 0 Å². The molecule has 0 amide bonds. The van der Waals surface area contributed by atoms with Crippen LogP contribution in [0.25, 0.3) is 0 Å². The highest BCUT2D eigenvalue weighted by molar-refractivity contribution is 7.89. The normalized spacial score (nSPS) is 20.3. The van der Waals surface area contributed by atoms with Crippen molar-refractivity contribution in [1.29, 1.82) is 0 Å². The van der Waals surface area contributed by atoms with Crippen LogP contribution in [0.2, 0.25) is 0 Å². The predicted molar refractivity (Wildman–Crippen MR) is 87.7 cm³/mol. The summed E-state index contributed by atoms with van der Waals surface area (Å²) in [4.78, 5) is 6.64. The number of nitrogens with one attached hydrogen (secondary N) is 1. The lowest BCUT2D eigenvalue weighted by Gasteiger charge is -2.24. The molecule has 0 bridgehead atoms. The first-order valence-corrected chi connectivity index (χ1v) is 9.66. The summed E-state index contributed by atoms with van der Waals surface area (Å²) in [6.45, 7) is 9.51. The summed E-state index contributed by atoms with van der Waals surface area (Å²) < 4.78 is 22.0. The van der Waals surface area contributed by atoms with Crippen molar-refractivity contribution < 1.29 is 8.42 Å². The zero-order valence-electron chi connectivity index (χ0n) is 13.5. The summed E-state index contributed by atoms with van der Waals surface area (Å²) in [5.41, 5.74) is 0. The fourth-order valence-electron chi connectivity index (χ4n) is 3.02. The van der Waals surface area contributed by atoms with E-state index in [-0.39, 0.29) is 12.3 Å². The molecule has 1 atom stereocenters. The van der Waals surface area contributed by atoms with Gasteiger partial charge in [-0.1, -0.05) is 26.7 Å². The second-order valence-electron chi connectivity index (χ2n) is 5.67. The fourth-order valence-corrected chi connectivity index (χ4v) is 3.37. The molecular weight excluding hydrogens is 288 g/mol. The van der Waals surface area contributed by atoms with Crippen molar-refractivity contribution >= 4 is 16.0 Å². The number of sulfonamides is 1. The average Bonchev–Trinajstić information content (AvgIpc) is 2.87. The second-order valence-corrected chi connectivity index (χ2v) is 7.41. The summed E-state index contributed by atoms with van der Waals surface area (Å²) in [5, 5.41) is 8.26. The van der Waals surface area contributed by atoms with Crippen molar-refractivity contribution in [2.24, 2.45) is 22.0 Å². The Morgan fingerprint density at radius 2 is 2.05 bits per heavy atom. The van der Waals surface area contributed by atoms with E-state index in [0.717, 1.165) is 31.5 Å². The molecule has 0 aliphatic carbocycles. The summed E-state index contributed by atoms with van der Waals surface area (Å²) in [6, 6.07) is 0. The van der Waals surface area contributed by atoms with Gasteiger partial charge >= 0.3 is 0 Å². The van der Waals surface area contributed by atoms with Crippen LogP contribution < -0.4 is 10.5 Å². The Morgan fingerprint density at radius 1 is 1.38 bits per heavy atom. The highest BCUT2D eigenvalue weighted by Gasteiger charge is 2.29. The van der Waals surface area contributed by atoms with Gasteiger partial charge in [-0.3, -0.25) is 4.99 Å². The predicted octanol–water partition coefficient (Wildman–Crippen LogP) is 0.999. The van der Waals surface area contributed by atoms with Crippen molar-refractivity contribution in [3.63, 3.8) is 0 Å². The zero-order chi connectivity index (χ0) is 15.9. The molecule has 1 aliphatic rings. The molecule has 3 N–H and O–H groups in total. The van der Waals surface area contributed by atoms with E-state index in [2.05, 4.69) is 29.1 Å². The van der Waals surface area contributed by atoms with Gasteiger partial charge in [-0.2, -0.15) is 0 Å². The molecule has 0 radical (unpaired) electrons. The molecular formula is C14H30N4O2S. The summed E-state index contributed by atoms with van der Waals surface area (Å²) >= 11 is 0. The van der Waals surface area contributed by atoms with E-state index in [9.17, 15) is 8.42 Å². The first-order chi connectivity index (χ1) is 9.91. The molecule has 0 aromatic heterocycles. The SMILES string of the molecule is CCNC(=NCCS(N)(=O)=O)N1CCC(C(CC)CC)C1. The van der Waals surface area contributed by atoms with Gasteiger partial charge in [0.25, 0.3) is 0 Å². The van der Waals surface area contributed by atoms with Crippen LogP contribution in [0.1, 0.15) is 40.0 Å². The van der Waals surface area contributed by atoms with E-state index in [1.807, 2.05) is 6.92 Å². The van der Waals surface area contributed by atoms with E-state index < -0.39 is 10.0 Å². The maximum absolute atomic E-state index is 11.0. The smallest absolute Gasteiger partial charge is 0.210 e. The topological polar surface area (TPSA) is 87.8 Å². The van der Waals surface area contributed by atoms with Crippen molar-refractivity contribution in [3.05, 3.63) is 0 Å². The van der Waals surface area contributed by atoms with Crippen LogP contribution in [0, 0.1) is 11.8 Å². The largest absolute Gasteiger partial charge is 0.357 e. The third-order valence-corrected chi connectivity index (χ3v) is 4.96. The third kappa shape index (κ3) is 6.22. The van der Waals surface area contributed by atoms with Gasteiger partial charge < -0.3 is 10.2 Å². The van der Waals surface area contributed by atoms with Gasteiger partial charge in [0.15, 0.2) is 5.96 Å². The Kier molecular flexibility index (Phi) is 7.45. The number of aliphatic imine (C=N–C) groups is 1. The Bertz CT molecular complexity index is 432. The molecule has 21 heavy (non-hydrogen) atoms. The van der Waals surface area contributed by atoms with Crippen LogP contribution in [0.15, 0.2) is 4.99 Å². The number of hydrogen-bond donors (Lipinski definition) is 2. The maximum atomic E-state index is 11.0. The minimum atomic E-state index is -3.44. The number of rotatable bonds is 7. The quantitative estimate of drug-likeness (QED) is 0.541. The van der Waals surface area contributed by atoms with E-state index in [1.165, 1.54) is 19.3 Å². The lowest BCUT2D eigenvalue weighted by Crippen LogP contribution is -2.40. The molecule has 0 saturated carbocycles. The molecule has 1 fully saturated rings. The molecule has 124 valence electrons. The van der Waals surface area contributed by atoms with Crippen LogP contribution in [0.5, 0.6) is 0 Å². The lowest BCUT2D eigenvalue weighted by atomic mass is 9.87. The van der Waals surface area contributed by atoms with E-state index in [1.54, 1.807) is 0 Å². The van der Waals surface area contributed by atoms with Crippen molar-refractivity contribution in [2.75, 3.05) is 31.9 Å². The molecule has 0 spiro atoms. The summed E-state index contributed by atoms with van der Waals surface area (Å²) in [5.74, 6) is 2.19. The van der Waals surface area contributed by atoms with Gasteiger partial charge in [0.1, 0.15) is 0 Å². The van der Waals surface area contributed by atoms with Crippen LogP contribution in [-0.4, -0.2) is 51.2 Å². The van der Waals surface area contributed by atoms with Gasteiger partial charge in [-0.25, -0.2) is 13.6 Å². The monoisotopic (exact) mass is 318 g/mol. The number of nitrogens with two attached hydrogens (primary N) is 1. The highest BCUT2D eigenvalue weighted by atomic mass is 32.2. The summed E-state index contributed by atoms with van der Waals surface area (Å²) in [6.07, 6.45) is 3.62. The Morgan fingerprint density at radius 3 is 2.57 bits per heavy atom. The van der Waals surface area contributed by atoms with E-state index >= 15 is 0 Å². The standard InChI is InChI=1S/C14H30N4O2S/c1-4-12(5-2)13-7-9-18(11-13)14(16-6-3)17-8-10-21(15,19)20/h12-13H,4-11H2,1-3H3,(H,16,17)(H2,15,19,20). The number of nitrogens with zero attached hydrogens (tertiary/aromatic N) is 2. The first-order valence-electron chi connectivity index (χ1n) is 7.94. The fraction of sp³-hybridized carbons (Fsp3) is 0.929. The molecule has 0 aromatic carbocycles. The van der Waals surface area contributed by atoms with Gasteiger partial charge in [0, 0.05) is 19.6 Å². The second kappa shape index (κ2) is 8.58. The van der Waals surface area contributed by atoms with E-state index in [4.69, 9.17) is 5.14 Å². The minimum absolute atomic E-state index is 0.105. The number of primary sulfonamides is 1. The summed E-state index contributed by atoms with van der Waals surface area (Å²) in [7, 11) is -3.44. The highest BCUT2D eigenvalue weighted by Crippen LogP contribution is 2.28. The molecule has 1 unspecified atom stereocenters. The Balaban J connectivity index is 2.63. The molecule has 1 aliphatic heterocycles. The van der Waals surface area contributed by atoms with Crippen molar-refractivity contribution in [1.82, 2.24) is 10.2 Å². The van der Waals surface area contributed by atoms with Gasteiger partial charge in [-0.15, -0.1) is 0 Å². The molecule has 7 heteroatoms. The van der Waals surface area contributed by atoms with Gasteiger partial charge in [0.2, 0.25) is 10.0 Å². The maximum Gasteiger partial charge on any atom is 0.210 e. The Labute approximate surface area is 129 Å². The van der Waals surface area contributed by atoms with Crippen LogP contribution >= 0.6 is 0 Å². The van der Waals surface area contributed by atoms with Gasteiger partial charge in [-0.05, 0) is 25.2 Å². The number of likely N-dealkylation sites (tertiary alicyclic amines) is 1. The number of guanidine groups is 1. The zero-order valence-corrected chi connectivity index (χ0v) is 14.3. The molecule has 0 aromatic rings. The Hall–Kier alpha value is -0.820. The first kappa shape index (κ1) is 18.2.